The number of rotatable bonds is 5. The number of amides is 1. The monoisotopic (exact) mass is 234 g/mol. The van der Waals surface area contributed by atoms with Crippen LogP contribution >= 0.6 is 0 Å². The molecule has 1 aliphatic rings. The van der Waals surface area contributed by atoms with Crippen LogP contribution in [0.4, 0.5) is 0 Å². The van der Waals surface area contributed by atoms with Crippen LogP contribution in [0.1, 0.15) is 22.8 Å². The van der Waals surface area contributed by atoms with Gasteiger partial charge in [0.15, 0.2) is 0 Å². The first kappa shape index (κ1) is 12.1. The first-order valence-electron chi connectivity index (χ1n) is 5.76. The molecule has 0 atom stereocenters. The smallest absolute Gasteiger partial charge is 0.248 e. The van der Waals surface area contributed by atoms with Gasteiger partial charge in [-0.2, -0.15) is 0 Å². The van der Waals surface area contributed by atoms with Crippen LogP contribution in [0.2, 0.25) is 0 Å². The fraction of sp³-hybridized carbons (Fsp3) is 0.462. The highest BCUT2D eigenvalue weighted by atomic mass is 16.5. The van der Waals surface area contributed by atoms with Gasteiger partial charge >= 0.3 is 0 Å². The number of nitrogens with two attached hydrogens (primary N) is 1. The van der Waals surface area contributed by atoms with Gasteiger partial charge in [-0.05, 0) is 17.7 Å². The van der Waals surface area contributed by atoms with E-state index in [9.17, 15) is 4.79 Å². The Kier molecular flexibility index (Phi) is 3.45. The number of carbonyl (C=O) groups excluding carboxylic acids is 1. The van der Waals surface area contributed by atoms with Crippen molar-refractivity contribution in [1.82, 2.24) is 5.32 Å². The van der Waals surface area contributed by atoms with Gasteiger partial charge in [0, 0.05) is 24.1 Å². The predicted octanol–water partition coefficient (Wildman–Crippen LogP) is 0.912. The van der Waals surface area contributed by atoms with Crippen LogP contribution in [-0.4, -0.2) is 25.7 Å². The van der Waals surface area contributed by atoms with Crippen molar-refractivity contribution in [2.24, 2.45) is 11.1 Å². The van der Waals surface area contributed by atoms with Crippen molar-refractivity contribution in [2.75, 3.05) is 19.8 Å². The minimum absolute atomic E-state index is 0.285. The molecule has 4 heteroatoms. The zero-order chi connectivity index (χ0) is 12.3. The van der Waals surface area contributed by atoms with E-state index in [0.717, 1.165) is 31.9 Å². The zero-order valence-corrected chi connectivity index (χ0v) is 10.0. The Balaban J connectivity index is 1.80. The molecule has 92 valence electrons. The lowest BCUT2D eigenvalue weighted by molar-refractivity contribution is -0.0991. The molecule has 2 rings (SSSR count). The lowest BCUT2D eigenvalue weighted by Gasteiger charge is -2.38. The number of primary amides is 1. The Bertz CT molecular complexity index is 396. The molecule has 0 spiro atoms. The van der Waals surface area contributed by atoms with Gasteiger partial charge in [0.05, 0.1) is 13.2 Å². The van der Waals surface area contributed by atoms with Crippen molar-refractivity contribution in [3.8, 4) is 0 Å². The molecule has 1 aliphatic heterocycles. The van der Waals surface area contributed by atoms with Crippen molar-refractivity contribution >= 4 is 5.91 Å². The molecular formula is C13H18N2O2. The van der Waals surface area contributed by atoms with Crippen LogP contribution in [-0.2, 0) is 11.3 Å². The second-order valence-electron chi connectivity index (χ2n) is 4.97. The highest BCUT2D eigenvalue weighted by Crippen LogP contribution is 2.25. The molecule has 17 heavy (non-hydrogen) atoms. The van der Waals surface area contributed by atoms with E-state index >= 15 is 0 Å². The zero-order valence-electron chi connectivity index (χ0n) is 10.0. The van der Waals surface area contributed by atoms with Crippen molar-refractivity contribution in [2.45, 2.75) is 13.5 Å². The summed E-state index contributed by atoms with van der Waals surface area (Å²) in [5.41, 5.74) is 7.16. The Morgan fingerprint density at radius 3 is 2.53 bits per heavy atom. The second-order valence-corrected chi connectivity index (χ2v) is 4.97. The molecule has 0 aliphatic carbocycles. The molecular weight excluding hydrogens is 216 g/mol. The molecule has 1 amide bonds. The van der Waals surface area contributed by atoms with Gasteiger partial charge in [-0.15, -0.1) is 0 Å². The van der Waals surface area contributed by atoms with Crippen LogP contribution in [0.3, 0.4) is 0 Å². The minimum Gasteiger partial charge on any atom is -0.380 e. The van der Waals surface area contributed by atoms with E-state index in [2.05, 4.69) is 12.2 Å². The Labute approximate surface area is 101 Å². The van der Waals surface area contributed by atoms with E-state index in [4.69, 9.17) is 10.5 Å². The summed E-state index contributed by atoms with van der Waals surface area (Å²) in [6.45, 7) is 5.63. The van der Waals surface area contributed by atoms with Gasteiger partial charge in [-0.3, -0.25) is 4.79 Å². The maximum absolute atomic E-state index is 10.9. The van der Waals surface area contributed by atoms with Crippen LogP contribution in [0.15, 0.2) is 24.3 Å². The van der Waals surface area contributed by atoms with Crippen molar-refractivity contribution in [3.63, 3.8) is 0 Å². The van der Waals surface area contributed by atoms with Gasteiger partial charge in [-0.1, -0.05) is 19.1 Å². The first-order valence-corrected chi connectivity index (χ1v) is 5.76. The molecule has 3 N–H and O–H groups in total. The maximum Gasteiger partial charge on any atom is 0.248 e. The summed E-state index contributed by atoms with van der Waals surface area (Å²) >= 11 is 0. The average Bonchev–Trinajstić information content (AvgIpc) is 2.27. The summed E-state index contributed by atoms with van der Waals surface area (Å²) in [4.78, 5) is 10.9. The van der Waals surface area contributed by atoms with Gasteiger partial charge in [0.2, 0.25) is 5.91 Å². The Morgan fingerprint density at radius 1 is 1.41 bits per heavy atom. The van der Waals surface area contributed by atoms with E-state index < -0.39 is 0 Å². The summed E-state index contributed by atoms with van der Waals surface area (Å²) < 4.78 is 5.19. The number of carbonyl (C=O) groups is 1. The topological polar surface area (TPSA) is 64.3 Å². The molecule has 1 aromatic rings. The molecule has 1 heterocycles. The number of hydrogen-bond donors (Lipinski definition) is 2. The maximum atomic E-state index is 10.9. The van der Waals surface area contributed by atoms with Crippen molar-refractivity contribution < 1.29 is 9.53 Å². The minimum atomic E-state index is -0.386. The first-order chi connectivity index (χ1) is 8.09. The van der Waals surface area contributed by atoms with Gasteiger partial charge in [0.1, 0.15) is 0 Å². The van der Waals surface area contributed by atoms with E-state index in [-0.39, 0.29) is 11.3 Å². The van der Waals surface area contributed by atoms with E-state index in [1.165, 1.54) is 0 Å². The van der Waals surface area contributed by atoms with E-state index in [1.807, 2.05) is 12.1 Å². The van der Waals surface area contributed by atoms with Gasteiger partial charge in [-0.25, -0.2) is 0 Å². The van der Waals surface area contributed by atoms with Crippen molar-refractivity contribution in [1.29, 1.82) is 0 Å². The lowest BCUT2D eigenvalue weighted by Crippen LogP contribution is -2.47. The molecule has 0 saturated carbocycles. The number of benzene rings is 1. The lowest BCUT2D eigenvalue weighted by atomic mass is 9.89. The Hall–Kier alpha value is -1.39. The molecule has 0 unspecified atom stereocenters. The highest BCUT2D eigenvalue weighted by molar-refractivity contribution is 5.92. The molecule has 0 radical (unpaired) electrons. The highest BCUT2D eigenvalue weighted by Gasteiger charge is 2.32. The third-order valence-electron chi connectivity index (χ3n) is 3.02. The summed E-state index contributed by atoms with van der Waals surface area (Å²) in [6, 6.07) is 7.36. The largest absolute Gasteiger partial charge is 0.380 e. The van der Waals surface area contributed by atoms with Crippen molar-refractivity contribution in [3.05, 3.63) is 35.4 Å². The number of hydrogen-bond acceptors (Lipinski definition) is 3. The molecule has 0 bridgehead atoms. The van der Waals surface area contributed by atoms with E-state index in [1.54, 1.807) is 12.1 Å². The predicted molar refractivity (Wildman–Crippen MR) is 65.6 cm³/mol. The van der Waals surface area contributed by atoms with Crippen LogP contribution < -0.4 is 11.1 Å². The Morgan fingerprint density at radius 2 is 2.06 bits per heavy atom. The summed E-state index contributed by atoms with van der Waals surface area (Å²) in [6.07, 6.45) is 0. The fourth-order valence-electron chi connectivity index (χ4n) is 1.85. The van der Waals surface area contributed by atoms with Crippen LogP contribution in [0.25, 0.3) is 0 Å². The second kappa shape index (κ2) is 4.85. The van der Waals surface area contributed by atoms with Gasteiger partial charge < -0.3 is 15.8 Å². The normalized spacial score (nSPS) is 17.5. The van der Waals surface area contributed by atoms with Crippen LogP contribution in [0.5, 0.6) is 0 Å². The summed E-state index contributed by atoms with van der Waals surface area (Å²) in [5, 5.41) is 3.40. The third kappa shape index (κ3) is 3.05. The standard InChI is InChI=1S/C13H18N2O2/c1-13(8-17-9-13)7-15-6-10-2-4-11(5-3-10)12(14)16/h2-5,15H,6-9H2,1H3,(H2,14,16). The number of ether oxygens (including phenoxy) is 1. The van der Waals surface area contributed by atoms with Crippen LogP contribution in [0, 0.1) is 5.41 Å². The van der Waals surface area contributed by atoms with E-state index in [0.29, 0.717) is 5.56 Å². The average molecular weight is 234 g/mol. The summed E-state index contributed by atoms with van der Waals surface area (Å²) in [7, 11) is 0. The van der Waals surface area contributed by atoms with Gasteiger partial charge in [0.25, 0.3) is 0 Å². The molecule has 1 fully saturated rings. The molecule has 1 saturated heterocycles. The molecule has 0 aromatic heterocycles. The molecule has 1 aromatic carbocycles. The third-order valence-corrected chi connectivity index (χ3v) is 3.02. The SMILES string of the molecule is CC1(CNCc2ccc(C(N)=O)cc2)COC1. The summed E-state index contributed by atoms with van der Waals surface area (Å²) in [5.74, 6) is -0.386. The number of nitrogens with one attached hydrogen (secondary N) is 1. The fourth-order valence-corrected chi connectivity index (χ4v) is 1.85. The molecule has 4 nitrogen and oxygen atoms in total. The quantitative estimate of drug-likeness (QED) is 0.796.